The third-order valence-electron chi connectivity index (χ3n) is 2.66. The number of nitrogens with zero attached hydrogens (tertiary/aromatic N) is 3. The smallest absolute Gasteiger partial charge is 0.156 e. The highest BCUT2D eigenvalue weighted by atomic mass is 16.5. The van der Waals surface area contributed by atoms with Crippen molar-refractivity contribution in [3.8, 4) is 0 Å². The third-order valence-corrected chi connectivity index (χ3v) is 2.66. The van der Waals surface area contributed by atoms with Crippen LogP contribution in [-0.4, -0.2) is 33.8 Å². The van der Waals surface area contributed by atoms with Gasteiger partial charge in [-0.2, -0.15) is 5.10 Å². The molecular formula is C13H19N5O. The number of rotatable bonds is 7. The van der Waals surface area contributed by atoms with E-state index in [1.165, 1.54) is 0 Å². The molecule has 2 heterocycles. The molecule has 0 aliphatic rings. The molecule has 0 spiro atoms. The van der Waals surface area contributed by atoms with Gasteiger partial charge in [-0.15, -0.1) is 0 Å². The van der Waals surface area contributed by atoms with Crippen LogP contribution in [0.5, 0.6) is 0 Å². The minimum atomic E-state index is 0.435. The van der Waals surface area contributed by atoms with E-state index in [1.807, 2.05) is 19.1 Å². The summed E-state index contributed by atoms with van der Waals surface area (Å²) in [5.74, 6) is 1.56. The second-order valence-corrected chi connectivity index (χ2v) is 4.36. The van der Waals surface area contributed by atoms with Crippen LogP contribution < -0.4 is 5.32 Å². The molecule has 0 saturated heterocycles. The number of aromatic amines is 1. The first kappa shape index (κ1) is 13.5. The van der Waals surface area contributed by atoms with Gasteiger partial charge in [-0.3, -0.25) is 5.10 Å². The van der Waals surface area contributed by atoms with Crippen LogP contribution in [0.4, 0.5) is 5.82 Å². The molecule has 0 radical (unpaired) electrons. The predicted octanol–water partition coefficient (Wildman–Crippen LogP) is 1.70. The van der Waals surface area contributed by atoms with Crippen molar-refractivity contribution in [3.63, 3.8) is 0 Å². The Balaban J connectivity index is 1.81. The molecule has 0 amide bonds. The summed E-state index contributed by atoms with van der Waals surface area (Å²) < 4.78 is 5.05. The highest BCUT2D eigenvalue weighted by Crippen LogP contribution is 2.07. The zero-order chi connectivity index (χ0) is 13.5. The van der Waals surface area contributed by atoms with Crippen LogP contribution in [0.25, 0.3) is 0 Å². The van der Waals surface area contributed by atoms with Gasteiger partial charge in [-0.25, -0.2) is 9.97 Å². The van der Waals surface area contributed by atoms with Crippen molar-refractivity contribution in [1.82, 2.24) is 20.2 Å². The van der Waals surface area contributed by atoms with Gasteiger partial charge in [0.25, 0.3) is 0 Å². The Morgan fingerprint density at radius 3 is 3.00 bits per heavy atom. The number of methoxy groups -OCH3 is 1. The van der Waals surface area contributed by atoms with E-state index in [0.29, 0.717) is 12.4 Å². The van der Waals surface area contributed by atoms with Crippen LogP contribution in [0.2, 0.25) is 0 Å². The Kier molecular flexibility index (Phi) is 4.85. The van der Waals surface area contributed by atoms with Gasteiger partial charge < -0.3 is 10.1 Å². The molecule has 19 heavy (non-hydrogen) atoms. The molecular weight excluding hydrogens is 242 g/mol. The minimum absolute atomic E-state index is 0.435. The van der Waals surface area contributed by atoms with E-state index in [1.54, 1.807) is 13.3 Å². The molecule has 2 rings (SSSR count). The lowest BCUT2D eigenvalue weighted by molar-refractivity contribution is 0.177. The highest BCUT2D eigenvalue weighted by molar-refractivity contribution is 5.35. The molecule has 2 aromatic heterocycles. The van der Waals surface area contributed by atoms with E-state index in [0.717, 1.165) is 36.6 Å². The Bertz CT molecular complexity index is 498. The van der Waals surface area contributed by atoms with E-state index in [9.17, 15) is 0 Å². The summed E-state index contributed by atoms with van der Waals surface area (Å²) in [5.41, 5.74) is 2.10. The van der Waals surface area contributed by atoms with E-state index in [2.05, 4.69) is 25.5 Å². The summed E-state index contributed by atoms with van der Waals surface area (Å²) in [6, 6.07) is 3.93. The van der Waals surface area contributed by atoms with Crippen molar-refractivity contribution >= 4 is 5.82 Å². The highest BCUT2D eigenvalue weighted by Gasteiger charge is 2.02. The molecule has 0 bridgehead atoms. The van der Waals surface area contributed by atoms with Gasteiger partial charge in [0.05, 0.1) is 0 Å². The Hall–Kier alpha value is -1.95. The van der Waals surface area contributed by atoms with Gasteiger partial charge in [0.1, 0.15) is 12.4 Å². The van der Waals surface area contributed by atoms with Crippen molar-refractivity contribution in [3.05, 3.63) is 35.5 Å². The molecule has 0 saturated carbocycles. The zero-order valence-corrected chi connectivity index (χ0v) is 11.3. The largest absolute Gasteiger partial charge is 0.377 e. The van der Waals surface area contributed by atoms with Gasteiger partial charge in [-0.1, -0.05) is 0 Å². The molecule has 0 atom stereocenters. The summed E-state index contributed by atoms with van der Waals surface area (Å²) in [6.07, 6.45) is 3.76. The summed E-state index contributed by atoms with van der Waals surface area (Å²) in [6.45, 7) is 3.25. The maximum Gasteiger partial charge on any atom is 0.156 e. The monoisotopic (exact) mass is 261 g/mol. The molecule has 2 aromatic rings. The summed E-state index contributed by atoms with van der Waals surface area (Å²) in [5, 5.41) is 10.2. The standard InChI is InChI=1S/C13H19N5O/c1-10-8-12(17-13(16-10)9-19-2)14-6-3-4-11-5-7-15-18-11/h5,7-8H,3-4,6,9H2,1-2H3,(H,15,18)(H,14,16,17). The molecule has 0 aliphatic carbocycles. The molecule has 0 aromatic carbocycles. The quantitative estimate of drug-likeness (QED) is 0.742. The van der Waals surface area contributed by atoms with E-state index in [4.69, 9.17) is 4.74 Å². The van der Waals surface area contributed by atoms with Crippen molar-refractivity contribution in [2.24, 2.45) is 0 Å². The van der Waals surface area contributed by atoms with E-state index in [-0.39, 0.29) is 0 Å². The van der Waals surface area contributed by atoms with Crippen molar-refractivity contribution < 1.29 is 4.74 Å². The SMILES string of the molecule is COCc1nc(C)cc(NCCCc2ccn[nH]2)n1. The lowest BCUT2D eigenvalue weighted by Crippen LogP contribution is -2.08. The second kappa shape index (κ2) is 6.84. The van der Waals surface area contributed by atoms with Crippen LogP contribution in [0, 0.1) is 6.92 Å². The summed E-state index contributed by atoms with van der Waals surface area (Å²) in [4.78, 5) is 8.69. The van der Waals surface area contributed by atoms with Gasteiger partial charge in [0.2, 0.25) is 0 Å². The molecule has 6 heteroatoms. The molecule has 102 valence electrons. The van der Waals surface area contributed by atoms with E-state index >= 15 is 0 Å². The topological polar surface area (TPSA) is 75.7 Å². The lowest BCUT2D eigenvalue weighted by atomic mass is 10.2. The number of aryl methyl sites for hydroxylation is 2. The summed E-state index contributed by atoms with van der Waals surface area (Å²) in [7, 11) is 1.64. The van der Waals surface area contributed by atoms with Crippen molar-refractivity contribution in [1.29, 1.82) is 0 Å². The van der Waals surface area contributed by atoms with Crippen LogP contribution in [0.3, 0.4) is 0 Å². The third kappa shape index (κ3) is 4.33. The zero-order valence-electron chi connectivity index (χ0n) is 11.3. The number of aromatic nitrogens is 4. The Labute approximate surface area is 112 Å². The first-order chi connectivity index (χ1) is 9.28. The number of hydrogen-bond donors (Lipinski definition) is 2. The maximum atomic E-state index is 5.05. The number of nitrogens with one attached hydrogen (secondary N) is 2. The normalized spacial score (nSPS) is 10.6. The predicted molar refractivity (Wildman–Crippen MR) is 72.9 cm³/mol. The Morgan fingerprint density at radius 2 is 2.26 bits per heavy atom. The van der Waals surface area contributed by atoms with Crippen LogP contribution in [0.1, 0.15) is 23.6 Å². The molecule has 6 nitrogen and oxygen atoms in total. The fourth-order valence-corrected chi connectivity index (χ4v) is 1.83. The lowest BCUT2D eigenvalue weighted by Gasteiger charge is -2.07. The van der Waals surface area contributed by atoms with Crippen molar-refractivity contribution in [2.75, 3.05) is 19.0 Å². The van der Waals surface area contributed by atoms with Crippen molar-refractivity contribution in [2.45, 2.75) is 26.4 Å². The first-order valence-corrected chi connectivity index (χ1v) is 6.33. The van der Waals surface area contributed by atoms with Gasteiger partial charge in [0, 0.05) is 37.3 Å². The average molecular weight is 261 g/mol. The first-order valence-electron chi connectivity index (χ1n) is 6.33. The van der Waals surface area contributed by atoms with Gasteiger partial charge in [-0.05, 0) is 25.8 Å². The number of H-pyrrole nitrogens is 1. The van der Waals surface area contributed by atoms with E-state index < -0.39 is 0 Å². The molecule has 0 fully saturated rings. The summed E-state index contributed by atoms with van der Waals surface area (Å²) >= 11 is 0. The molecule has 0 unspecified atom stereocenters. The minimum Gasteiger partial charge on any atom is -0.377 e. The number of hydrogen-bond acceptors (Lipinski definition) is 5. The fraction of sp³-hybridized carbons (Fsp3) is 0.462. The second-order valence-electron chi connectivity index (χ2n) is 4.36. The molecule has 2 N–H and O–H groups in total. The maximum absolute atomic E-state index is 5.05. The van der Waals surface area contributed by atoms with Crippen LogP contribution in [0.15, 0.2) is 18.3 Å². The van der Waals surface area contributed by atoms with Gasteiger partial charge in [0.15, 0.2) is 5.82 Å². The number of anilines is 1. The average Bonchev–Trinajstić information content (AvgIpc) is 2.87. The van der Waals surface area contributed by atoms with Gasteiger partial charge >= 0.3 is 0 Å². The van der Waals surface area contributed by atoms with Crippen LogP contribution >= 0.6 is 0 Å². The molecule has 0 aliphatic heterocycles. The Morgan fingerprint density at radius 1 is 1.37 bits per heavy atom. The fourth-order valence-electron chi connectivity index (χ4n) is 1.83. The number of ether oxygens (including phenoxy) is 1. The van der Waals surface area contributed by atoms with Crippen LogP contribution in [-0.2, 0) is 17.8 Å².